The molecule has 7 nitrogen and oxygen atoms in total. The Balaban J connectivity index is 1.54. The number of piperidine rings is 1. The molecular weight excluding hydrogens is 306 g/mol. The summed E-state index contributed by atoms with van der Waals surface area (Å²) in [5, 5.41) is 2.83. The van der Waals surface area contributed by atoms with Gasteiger partial charge in [0.1, 0.15) is 11.3 Å². The van der Waals surface area contributed by atoms with E-state index < -0.39 is 0 Å². The number of imidazole rings is 1. The van der Waals surface area contributed by atoms with Gasteiger partial charge in [0.25, 0.3) is 5.91 Å². The quantitative estimate of drug-likeness (QED) is 0.903. The number of nitrogens with zero attached hydrogens (tertiary/aromatic N) is 4. The molecule has 4 heterocycles. The van der Waals surface area contributed by atoms with Crippen LogP contribution in [0.25, 0.3) is 5.65 Å². The van der Waals surface area contributed by atoms with Gasteiger partial charge in [-0.25, -0.2) is 9.78 Å². The second kappa shape index (κ2) is 5.81. The van der Waals surface area contributed by atoms with Gasteiger partial charge in [0.15, 0.2) is 0 Å². The number of rotatable bonds is 2. The number of amides is 3. The van der Waals surface area contributed by atoms with Crippen LogP contribution in [-0.2, 0) is 0 Å². The molecule has 0 aliphatic carbocycles. The van der Waals surface area contributed by atoms with Gasteiger partial charge in [0.2, 0.25) is 0 Å². The highest BCUT2D eigenvalue weighted by molar-refractivity contribution is 5.93. The van der Waals surface area contributed by atoms with Gasteiger partial charge in [0, 0.05) is 38.1 Å². The fraction of sp³-hybridized carbons (Fsp3) is 0.471. The number of hydrogen-bond acceptors (Lipinski definition) is 3. The van der Waals surface area contributed by atoms with Crippen molar-refractivity contribution in [3.05, 3.63) is 35.8 Å². The van der Waals surface area contributed by atoms with Gasteiger partial charge >= 0.3 is 6.03 Å². The second-order valence-electron chi connectivity index (χ2n) is 6.49. The van der Waals surface area contributed by atoms with Crippen molar-refractivity contribution in [1.82, 2.24) is 24.5 Å². The Morgan fingerprint density at radius 3 is 2.96 bits per heavy atom. The summed E-state index contributed by atoms with van der Waals surface area (Å²) in [5.41, 5.74) is 2.30. The number of carbonyl (C=O) groups excluding carboxylic acids is 2. The average Bonchev–Trinajstić information content (AvgIpc) is 3.21. The Morgan fingerprint density at radius 2 is 2.21 bits per heavy atom. The van der Waals surface area contributed by atoms with Crippen LogP contribution >= 0.6 is 0 Å². The van der Waals surface area contributed by atoms with E-state index in [9.17, 15) is 9.59 Å². The summed E-state index contributed by atoms with van der Waals surface area (Å²) in [6.07, 6.45) is 3.66. The third kappa shape index (κ3) is 2.50. The van der Waals surface area contributed by atoms with E-state index in [1.807, 2.05) is 39.3 Å². The molecule has 1 N–H and O–H groups in total. The van der Waals surface area contributed by atoms with Crippen molar-refractivity contribution in [2.24, 2.45) is 0 Å². The molecule has 24 heavy (non-hydrogen) atoms. The molecule has 2 aromatic heterocycles. The van der Waals surface area contributed by atoms with E-state index in [4.69, 9.17) is 0 Å². The molecule has 2 fully saturated rings. The lowest BCUT2D eigenvalue weighted by Crippen LogP contribution is -2.50. The number of carbonyl (C=O) groups is 2. The number of fused-ring (bicyclic) bond motifs is 1. The number of likely N-dealkylation sites (tertiary alicyclic amines) is 1. The first-order valence-corrected chi connectivity index (χ1v) is 8.42. The Morgan fingerprint density at radius 1 is 1.33 bits per heavy atom. The molecule has 7 heteroatoms. The van der Waals surface area contributed by atoms with Gasteiger partial charge < -0.3 is 19.5 Å². The Labute approximate surface area is 140 Å². The summed E-state index contributed by atoms with van der Waals surface area (Å²) in [5.74, 6) is -0.0533. The van der Waals surface area contributed by atoms with Crippen LogP contribution in [0.5, 0.6) is 0 Å². The van der Waals surface area contributed by atoms with Crippen molar-refractivity contribution in [2.75, 3.05) is 26.2 Å². The maximum atomic E-state index is 12.9. The lowest BCUT2D eigenvalue weighted by atomic mass is 10.0. The molecule has 3 amide bonds. The highest BCUT2D eigenvalue weighted by atomic mass is 16.2. The summed E-state index contributed by atoms with van der Waals surface area (Å²) < 4.78 is 1.93. The first-order valence-electron chi connectivity index (χ1n) is 8.42. The topological polar surface area (TPSA) is 70.0 Å². The molecule has 0 saturated carbocycles. The normalized spacial score (nSPS) is 21.4. The molecule has 1 atom stereocenters. The zero-order valence-corrected chi connectivity index (χ0v) is 13.7. The lowest BCUT2D eigenvalue weighted by Gasteiger charge is -2.36. The molecule has 0 radical (unpaired) electrons. The smallest absolute Gasteiger partial charge is 0.317 e. The van der Waals surface area contributed by atoms with Gasteiger partial charge in [-0.1, -0.05) is 6.07 Å². The van der Waals surface area contributed by atoms with Crippen LogP contribution in [0.4, 0.5) is 4.79 Å². The summed E-state index contributed by atoms with van der Waals surface area (Å²) in [6.45, 7) is 4.71. The van der Waals surface area contributed by atoms with Gasteiger partial charge in [-0.15, -0.1) is 0 Å². The minimum Gasteiger partial charge on any atom is -0.336 e. The first-order chi connectivity index (χ1) is 11.6. The van der Waals surface area contributed by atoms with E-state index >= 15 is 0 Å². The van der Waals surface area contributed by atoms with Crippen molar-refractivity contribution >= 4 is 17.6 Å². The second-order valence-corrected chi connectivity index (χ2v) is 6.49. The monoisotopic (exact) mass is 327 g/mol. The van der Waals surface area contributed by atoms with Crippen molar-refractivity contribution in [3.8, 4) is 0 Å². The van der Waals surface area contributed by atoms with Gasteiger partial charge in [-0.2, -0.15) is 0 Å². The number of pyridine rings is 1. The number of urea groups is 1. The van der Waals surface area contributed by atoms with Crippen LogP contribution in [0.15, 0.2) is 24.4 Å². The Kier molecular flexibility index (Phi) is 3.63. The molecule has 2 aromatic rings. The third-order valence-electron chi connectivity index (χ3n) is 4.93. The Hall–Kier alpha value is -2.57. The van der Waals surface area contributed by atoms with Crippen LogP contribution in [0.1, 0.15) is 29.0 Å². The van der Waals surface area contributed by atoms with Gasteiger partial charge in [0.05, 0.1) is 6.04 Å². The molecule has 0 unspecified atom stereocenters. The summed E-state index contributed by atoms with van der Waals surface area (Å²) in [7, 11) is 0. The summed E-state index contributed by atoms with van der Waals surface area (Å²) in [6, 6.07) is 5.92. The average molecular weight is 327 g/mol. The maximum Gasteiger partial charge on any atom is 0.317 e. The van der Waals surface area contributed by atoms with Gasteiger partial charge in [-0.05, 0) is 31.9 Å². The van der Waals surface area contributed by atoms with E-state index in [-0.39, 0.29) is 18.0 Å². The summed E-state index contributed by atoms with van der Waals surface area (Å²) in [4.78, 5) is 32.9. The number of aromatic nitrogens is 2. The third-order valence-corrected chi connectivity index (χ3v) is 4.93. The molecule has 126 valence electrons. The number of nitrogens with one attached hydrogen (secondary N) is 1. The van der Waals surface area contributed by atoms with E-state index in [0.29, 0.717) is 18.8 Å². The molecule has 2 aliphatic heterocycles. The van der Waals surface area contributed by atoms with Crippen molar-refractivity contribution < 1.29 is 9.59 Å². The molecule has 0 spiro atoms. The zero-order chi connectivity index (χ0) is 16.7. The zero-order valence-electron chi connectivity index (χ0n) is 13.7. The maximum absolute atomic E-state index is 12.9. The first kappa shape index (κ1) is 15.0. The molecule has 2 saturated heterocycles. The van der Waals surface area contributed by atoms with Crippen LogP contribution in [0, 0.1) is 6.92 Å². The number of hydrogen-bond donors (Lipinski definition) is 1. The van der Waals surface area contributed by atoms with E-state index in [1.54, 1.807) is 6.20 Å². The van der Waals surface area contributed by atoms with Crippen molar-refractivity contribution in [1.29, 1.82) is 0 Å². The van der Waals surface area contributed by atoms with E-state index in [0.717, 1.165) is 37.3 Å². The van der Waals surface area contributed by atoms with E-state index in [1.165, 1.54) is 0 Å². The fourth-order valence-corrected chi connectivity index (χ4v) is 3.64. The molecule has 0 aromatic carbocycles. The summed E-state index contributed by atoms with van der Waals surface area (Å²) >= 11 is 0. The number of aryl methyl sites for hydroxylation is 1. The minimum atomic E-state index is -0.0533. The van der Waals surface area contributed by atoms with Crippen LogP contribution in [0.2, 0.25) is 0 Å². The fourth-order valence-electron chi connectivity index (χ4n) is 3.64. The largest absolute Gasteiger partial charge is 0.336 e. The van der Waals surface area contributed by atoms with Crippen LogP contribution < -0.4 is 5.32 Å². The predicted molar refractivity (Wildman–Crippen MR) is 89.0 cm³/mol. The standard InChI is InChI=1S/C17H21N5O2/c1-12-4-2-6-15-19-14(11-22(12)15)16(23)20-8-3-5-13(10-20)21-9-7-18-17(21)24/h2,4,6,11,13H,3,5,7-10H2,1H3,(H,18,24)/t13-/m0/s1. The highest BCUT2D eigenvalue weighted by Crippen LogP contribution is 2.20. The molecule has 2 aliphatic rings. The highest BCUT2D eigenvalue weighted by Gasteiger charge is 2.33. The van der Waals surface area contributed by atoms with Crippen LogP contribution in [-0.4, -0.2) is 63.3 Å². The van der Waals surface area contributed by atoms with Gasteiger partial charge in [-0.3, -0.25) is 4.79 Å². The van der Waals surface area contributed by atoms with Crippen LogP contribution in [0.3, 0.4) is 0 Å². The lowest BCUT2D eigenvalue weighted by molar-refractivity contribution is 0.0629. The predicted octanol–water partition coefficient (Wildman–Crippen LogP) is 1.27. The molecule has 0 bridgehead atoms. The van der Waals surface area contributed by atoms with Crippen molar-refractivity contribution in [2.45, 2.75) is 25.8 Å². The molecular formula is C17H21N5O2. The minimum absolute atomic E-state index is 0.0161. The Bertz CT molecular complexity index is 799. The van der Waals surface area contributed by atoms with Crippen molar-refractivity contribution in [3.63, 3.8) is 0 Å². The van der Waals surface area contributed by atoms with E-state index in [2.05, 4.69) is 10.3 Å². The molecule has 4 rings (SSSR count). The SMILES string of the molecule is Cc1cccc2nc(C(=O)N3CCC[C@H](N4CCNC4=O)C3)cn12.